The van der Waals surface area contributed by atoms with Crippen molar-refractivity contribution in [1.82, 2.24) is 10.8 Å². The first-order valence-electron chi connectivity index (χ1n) is 8.92. The highest BCUT2D eigenvalue weighted by Crippen LogP contribution is 2.29. The molecule has 0 saturated carbocycles. The van der Waals surface area contributed by atoms with E-state index in [2.05, 4.69) is 11.2 Å². The Morgan fingerprint density at radius 2 is 1.72 bits per heavy atom. The van der Waals surface area contributed by atoms with E-state index in [1.807, 2.05) is 0 Å². The summed E-state index contributed by atoms with van der Waals surface area (Å²) >= 11 is 5.74. The van der Waals surface area contributed by atoms with Gasteiger partial charge in [-0.05, 0) is 58.1 Å². The van der Waals surface area contributed by atoms with Gasteiger partial charge in [0, 0.05) is 34.2 Å². The van der Waals surface area contributed by atoms with Crippen molar-refractivity contribution in [2.45, 2.75) is 24.9 Å². The molecule has 0 unspecified atom stereocenters. The number of amides is 1. The molecule has 0 bridgehead atoms. The van der Waals surface area contributed by atoms with Gasteiger partial charge in [-0.15, -0.1) is 0 Å². The summed E-state index contributed by atoms with van der Waals surface area (Å²) in [5, 5.41) is 12.4. The van der Waals surface area contributed by atoms with Crippen LogP contribution in [-0.2, 0) is 20.9 Å². The van der Waals surface area contributed by atoms with Crippen LogP contribution < -0.4 is 10.8 Å². The molecule has 0 aliphatic carbocycles. The molecule has 1 amide bonds. The molecule has 0 atom stereocenters. The summed E-state index contributed by atoms with van der Waals surface area (Å²) in [5.74, 6) is 2.30. The molecular weight excluding hydrogens is 422 g/mol. The Labute approximate surface area is 173 Å². The Morgan fingerprint density at radius 3 is 2.28 bits per heavy atom. The van der Waals surface area contributed by atoms with Crippen molar-refractivity contribution in [2.24, 2.45) is 0 Å². The highest BCUT2D eigenvalue weighted by molar-refractivity contribution is 8.00. The van der Waals surface area contributed by atoms with E-state index in [0.717, 1.165) is 6.07 Å². The number of carbonyl (C=O) groups is 1. The van der Waals surface area contributed by atoms with Gasteiger partial charge in [-0.2, -0.15) is 0 Å². The van der Waals surface area contributed by atoms with Crippen molar-refractivity contribution in [3.8, 4) is 11.1 Å². The summed E-state index contributed by atoms with van der Waals surface area (Å²) in [5.41, 5.74) is 1.26. The van der Waals surface area contributed by atoms with Gasteiger partial charge in [0.15, 0.2) is 0 Å². The zero-order valence-corrected chi connectivity index (χ0v) is 17.1. The second-order valence-corrected chi connectivity index (χ2v) is 10.4. The smallest absolute Gasteiger partial charge is 0.263 e. The molecule has 1 aliphatic heterocycles. The normalized spacial score (nSPS) is 24.3. The third-order valence-corrected chi connectivity index (χ3v) is 7.35. The van der Waals surface area contributed by atoms with Crippen LogP contribution >= 0.6 is 11.6 Å². The largest absolute Gasteiger partial charge is 0.299 e. The lowest BCUT2D eigenvalue weighted by Gasteiger charge is -2.37. The molecule has 29 heavy (non-hydrogen) atoms. The zero-order valence-electron chi connectivity index (χ0n) is 15.5. The van der Waals surface area contributed by atoms with E-state index in [1.54, 1.807) is 11.5 Å². The van der Waals surface area contributed by atoms with Gasteiger partial charge >= 0.3 is 0 Å². The molecular formula is C20H21ClF2N2O3S. The summed E-state index contributed by atoms with van der Waals surface area (Å²) in [6.45, 7) is 0.131. The van der Waals surface area contributed by atoms with E-state index < -0.39 is 32.6 Å². The van der Waals surface area contributed by atoms with Crippen LogP contribution in [0.3, 0.4) is 0 Å². The molecule has 5 nitrogen and oxygen atoms in total. The summed E-state index contributed by atoms with van der Waals surface area (Å²) in [7, 11) is -2.24. The third-order valence-electron chi connectivity index (χ3n) is 5.22. The van der Waals surface area contributed by atoms with Crippen LogP contribution in [0.4, 0.5) is 8.78 Å². The predicted octanol–water partition coefficient (Wildman–Crippen LogP) is 3.13. The molecule has 1 fully saturated rings. The fraction of sp³-hybridized carbons (Fsp3) is 0.300. The van der Waals surface area contributed by atoms with Crippen molar-refractivity contribution in [1.29, 1.82) is 0 Å². The molecule has 0 aromatic heterocycles. The minimum atomic E-state index is -2.24. The van der Waals surface area contributed by atoms with Gasteiger partial charge in [0.2, 0.25) is 0 Å². The van der Waals surface area contributed by atoms with Crippen molar-refractivity contribution >= 4 is 32.9 Å². The average molecular weight is 443 g/mol. The van der Waals surface area contributed by atoms with Crippen LogP contribution in [0.15, 0.2) is 36.4 Å². The quantitative estimate of drug-likeness (QED) is 0.377. The van der Waals surface area contributed by atoms with E-state index in [0.29, 0.717) is 5.56 Å². The number of rotatable bonds is 5. The van der Waals surface area contributed by atoms with E-state index in [4.69, 9.17) is 16.8 Å². The van der Waals surface area contributed by atoms with Gasteiger partial charge in [0.05, 0.1) is 0 Å². The second-order valence-electron chi connectivity index (χ2n) is 7.19. The summed E-state index contributed by atoms with van der Waals surface area (Å²) in [4.78, 5) is 12.2. The Morgan fingerprint density at radius 1 is 1.14 bits per heavy atom. The first-order valence-corrected chi connectivity index (χ1v) is 11.4. The zero-order chi connectivity index (χ0) is 21.2. The summed E-state index contributed by atoms with van der Waals surface area (Å²) < 4.78 is 40.8. The topological polar surface area (TPSA) is 78.4 Å². The Bertz CT molecular complexity index is 1030. The highest BCUT2D eigenvalue weighted by atomic mass is 35.5. The van der Waals surface area contributed by atoms with Crippen LogP contribution in [-0.4, -0.2) is 38.2 Å². The first-order chi connectivity index (χ1) is 13.7. The molecule has 156 valence electrons. The number of hydroxylamine groups is 1. The summed E-state index contributed by atoms with van der Waals surface area (Å²) in [6.07, 6.45) is 0.469. The number of hydrogen-bond acceptors (Lipinski definition) is 4. The molecule has 1 saturated heterocycles. The summed E-state index contributed by atoms with van der Waals surface area (Å²) in [6, 6.07) is 8.35. The highest BCUT2D eigenvalue weighted by Gasteiger charge is 2.41. The van der Waals surface area contributed by atoms with Gasteiger partial charge < -0.3 is 0 Å². The number of hydrogen-bond donors (Lipinski definition) is 3. The van der Waals surface area contributed by atoms with Gasteiger partial charge in [-0.3, -0.25) is 19.5 Å². The number of benzene rings is 2. The maximum absolute atomic E-state index is 14.6. The van der Waals surface area contributed by atoms with Crippen molar-refractivity contribution in [2.75, 3.05) is 11.5 Å². The van der Waals surface area contributed by atoms with Gasteiger partial charge in [0.1, 0.15) is 17.2 Å². The van der Waals surface area contributed by atoms with E-state index >= 15 is 0 Å². The third kappa shape index (κ3) is 4.78. The van der Waals surface area contributed by atoms with Crippen molar-refractivity contribution < 1.29 is 23.0 Å². The molecule has 2 aromatic rings. The Kier molecular flexibility index (Phi) is 6.28. The van der Waals surface area contributed by atoms with Crippen LogP contribution in [0, 0.1) is 11.6 Å². The average Bonchev–Trinajstić information content (AvgIpc) is 2.68. The van der Waals surface area contributed by atoms with Gasteiger partial charge in [-0.25, -0.2) is 14.3 Å². The van der Waals surface area contributed by atoms with Crippen molar-refractivity contribution in [3.63, 3.8) is 0 Å². The lowest BCUT2D eigenvalue weighted by Crippen LogP contribution is -2.59. The monoisotopic (exact) mass is 442 g/mol. The van der Waals surface area contributed by atoms with E-state index in [-0.39, 0.29) is 47.0 Å². The van der Waals surface area contributed by atoms with Crippen LogP contribution in [0.5, 0.6) is 0 Å². The minimum absolute atomic E-state index is 0.0972. The maximum atomic E-state index is 14.6. The van der Waals surface area contributed by atoms with E-state index in [9.17, 15) is 17.8 Å². The van der Waals surface area contributed by atoms with Crippen LogP contribution in [0.25, 0.3) is 11.1 Å². The SMILES string of the molecule is C=S1(=O)CCC(NCc2ccc(-c3ccc(Cl)cc3F)c(F)c2)(C(=O)NO)CC1. The van der Waals surface area contributed by atoms with Crippen molar-refractivity contribution in [3.05, 3.63) is 58.6 Å². The van der Waals surface area contributed by atoms with Gasteiger partial charge in [0.25, 0.3) is 5.91 Å². The molecule has 0 radical (unpaired) electrons. The number of halogens is 3. The van der Waals surface area contributed by atoms with E-state index in [1.165, 1.54) is 24.3 Å². The lowest BCUT2D eigenvalue weighted by molar-refractivity contribution is -0.136. The van der Waals surface area contributed by atoms with Gasteiger partial charge in [-0.1, -0.05) is 23.7 Å². The molecule has 2 aromatic carbocycles. The maximum Gasteiger partial charge on any atom is 0.263 e. The minimum Gasteiger partial charge on any atom is -0.299 e. The Balaban J connectivity index is 1.79. The molecule has 3 rings (SSSR count). The number of nitrogens with one attached hydrogen (secondary N) is 2. The fourth-order valence-electron chi connectivity index (χ4n) is 3.40. The molecule has 1 aliphatic rings. The first kappa shape index (κ1) is 21.7. The van der Waals surface area contributed by atoms with Crippen LogP contribution in [0.2, 0.25) is 5.02 Å². The lowest BCUT2D eigenvalue weighted by atomic mass is 9.90. The van der Waals surface area contributed by atoms with Crippen LogP contribution in [0.1, 0.15) is 18.4 Å². The molecule has 3 N–H and O–H groups in total. The predicted molar refractivity (Wildman–Crippen MR) is 111 cm³/mol. The fourth-order valence-corrected chi connectivity index (χ4v) is 5.21. The molecule has 0 spiro atoms. The number of carbonyl (C=O) groups excluding carboxylic acids is 1. The standard InChI is InChI=1S/C20H21ClF2N2O3S/c1-29(28)8-6-20(7-9-29,19(26)25-27)24-12-13-2-4-15(17(22)10-13)16-5-3-14(21)11-18(16)23/h2-5,10-11,24,27H,1,6-9,12H2,(H,25,26). The molecule has 1 heterocycles. The Hall–Kier alpha value is -2.00. The second kappa shape index (κ2) is 8.39. The molecule has 9 heteroatoms.